The Balaban J connectivity index is 0.00000225. The van der Waals surface area contributed by atoms with E-state index in [0.717, 1.165) is 0 Å². The van der Waals surface area contributed by atoms with Gasteiger partial charge in [0, 0.05) is 17.6 Å². The molecule has 0 aliphatic carbocycles. The molecule has 0 spiro atoms. The first-order valence-electron chi connectivity index (χ1n) is 4.50. The number of hydrogen-bond donors (Lipinski definition) is 2. The van der Waals surface area contributed by atoms with Gasteiger partial charge in [0.2, 0.25) is 0 Å². The zero-order valence-corrected chi connectivity index (χ0v) is 11.0. The standard InChI is InChI=1S/C10H12Cl2N2O.ClH/c1-6(5-13)14-10(15)8-4-7(11)2-3-9(8)12;/h2-4,6H,5,13H2,1H3,(H,14,15);1H/t6-;/m1./s1. The van der Waals surface area contributed by atoms with Crippen LogP contribution in [0.1, 0.15) is 17.3 Å². The Labute approximate surface area is 111 Å². The van der Waals surface area contributed by atoms with Crippen molar-refractivity contribution < 1.29 is 4.79 Å². The first-order valence-corrected chi connectivity index (χ1v) is 5.26. The highest BCUT2D eigenvalue weighted by atomic mass is 35.5. The van der Waals surface area contributed by atoms with E-state index in [1.54, 1.807) is 12.1 Å². The van der Waals surface area contributed by atoms with Crippen molar-refractivity contribution in [3.63, 3.8) is 0 Å². The minimum Gasteiger partial charge on any atom is -0.348 e. The van der Waals surface area contributed by atoms with Crippen molar-refractivity contribution in [3.8, 4) is 0 Å². The highest BCUT2D eigenvalue weighted by Gasteiger charge is 2.12. The Morgan fingerprint density at radius 3 is 2.69 bits per heavy atom. The number of nitrogens with two attached hydrogens (primary N) is 1. The zero-order valence-electron chi connectivity index (χ0n) is 8.67. The largest absolute Gasteiger partial charge is 0.348 e. The van der Waals surface area contributed by atoms with Gasteiger partial charge in [-0.3, -0.25) is 4.79 Å². The van der Waals surface area contributed by atoms with E-state index in [4.69, 9.17) is 28.9 Å². The van der Waals surface area contributed by atoms with Crippen LogP contribution in [0, 0.1) is 0 Å². The summed E-state index contributed by atoms with van der Waals surface area (Å²) in [5, 5.41) is 3.56. The molecule has 0 aromatic heterocycles. The Hall–Kier alpha value is -0.480. The molecule has 0 radical (unpaired) electrons. The average molecular weight is 284 g/mol. The number of nitrogens with one attached hydrogen (secondary N) is 1. The number of halogens is 3. The third-order valence-electron chi connectivity index (χ3n) is 1.90. The van der Waals surface area contributed by atoms with Crippen LogP contribution in [-0.2, 0) is 0 Å². The topological polar surface area (TPSA) is 55.1 Å². The maximum atomic E-state index is 11.7. The number of benzene rings is 1. The Bertz CT molecular complexity index is 371. The SMILES string of the molecule is C[C@H](CN)NC(=O)c1cc(Cl)ccc1Cl.Cl. The quantitative estimate of drug-likeness (QED) is 0.895. The Morgan fingerprint density at radius 2 is 2.12 bits per heavy atom. The number of rotatable bonds is 3. The number of carbonyl (C=O) groups excluding carboxylic acids is 1. The summed E-state index contributed by atoms with van der Waals surface area (Å²) in [6.07, 6.45) is 0. The van der Waals surface area contributed by atoms with Gasteiger partial charge in [-0.15, -0.1) is 12.4 Å². The van der Waals surface area contributed by atoms with Crippen molar-refractivity contribution >= 4 is 41.5 Å². The van der Waals surface area contributed by atoms with Crippen LogP contribution < -0.4 is 11.1 Å². The summed E-state index contributed by atoms with van der Waals surface area (Å²) in [6.45, 7) is 2.19. The first-order chi connectivity index (χ1) is 7.04. The van der Waals surface area contributed by atoms with Gasteiger partial charge in [-0.05, 0) is 25.1 Å². The highest BCUT2D eigenvalue weighted by molar-refractivity contribution is 6.35. The molecule has 1 rings (SSSR count). The lowest BCUT2D eigenvalue weighted by molar-refractivity contribution is 0.0941. The molecule has 1 aromatic rings. The number of amides is 1. The second kappa shape index (κ2) is 6.97. The maximum absolute atomic E-state index is 11.7. The van der Waals surface area contributed by atoms with Crippen LogP contribution in [-0.4, -0.2) is 18.5 Å². The molecule has 0 bridgehead atoms. The van der Waals surface area contributed by atoms with Crippen molar-refractivity contribution in [2.45, 2.75) is 13.0 Å². The van der Waals surface area contributed by atoms with Gasteiger partial charge in [0.1, 0.15) is 0 Å². The van der Waals surface area contributed by atoms with Gasteiger partial charge in [-0.1, -0.05) is 23.2 Å². The lowest BCUT2D eigenvalue weighted by Crippen LogP contribution is -2.37. The summed E-state index contributed by atoms with van der Waals surface area (Å²) >= 11 is 11.6. The van der Waals surface area contributed by atoms with Gasteiger partial charge in [-0.25, -0.2) is 0 Å². The second-order valence-corrected chi connectivity index (χ2v) is 4.08. The number of carbonyl (C=O) groups is 1. The summed E-state index contributed by atoms with van der Waals surface area (Å²) in [7, 11) is 0. The van der Waals surface area contributed by atoms with E-state index in [1.807, 2.05) is 6.92 Å². The van der Waals surface area contributed by atoms with Crippen LogP contribution in [0.5, 0.6) is 0 Å². The average Bonchev–Trinajstić information content (AvgIpc) is 2.21. The third-order valence-corrected chi connectivity index (χ3v) is 2.47. The summed E-state index contributed by atoms with van der Waals surface area (Å²) in [4.78, 5) is 11.7. The lowest BCUT2D eigenvalue weighted by Gasteiger charge is -2.12. The van der Waals surface area contributed by atoms with Crippen molar-refractivity contribution in [3.05, 3.63) is 33.8 Å². The van der Waals surface area contributed by atoms with E-state index < -0.39 is 0 Å². The van der Waals surface area contributed by atoms with E-state index in [1.165, 1.54) is 6.07 Å². The zero-order chi connectivity index (χ0) is 11.4. The van der Waals surface area contributed by atoms with Gasteiger partial charge in [0.05, 0.1) is 10.6 Å². The molecule has 0 aliphatic rings. The molecule has 0 unspecified atom stereocenters. The fraction of sp³-hybridized carbons (Fsp3) is 0.300. The molecule has 1 amide bonds. The molecular weight excluding hydrogens is 270 g/mol. The normalized spacial score (nSPS) is 11.5. The van der Waals surface area contributed by atoms with Gasteiger partial charge in [0.25, 0.3) is 5.91 Å². The summed E-state index contributed by atoms with van der Waals surface area (Å²) in [5.74, 6) is -0.263. The minimum absolute atomic E-state index is 0. The molecule has 0 fully saturated rings. The van der Waals surface area contributed by atoms with Crippen LogP contribution in [0.4, 0.5) is 0 Å². The predicted octanol–water partition coefficient (Wildman–Crippen LogP) is 2.49. The van der Waals surface area contributed by atoms with Crippen molar-refractivity contribution in [2.75, 3.05) is 6.54 Å². The first kappa shape index (κ1) is 15.5. The van der Waals surface area contributed by atoms with Crippen LogP contribution >= 0.6 is 35.6 Å². The molecule has 3 nitrogen and oxygen atoms in total. The Morgan fingerprint density at radius 1 is 1.50 bits per heavy atom. The van der Waals surface area contributed by atoms with Crippen molar-refractivity contribution in [2.24, 2.45) is 5.73 Å². The molecule has 3 N–H and O–H groups in total. The lowest BCUT2D eigenvalue weighted by atomic mass is 10.2. The molecular formula is C10H13Cl3N2O. The van der Waals surface area contributed by atoms with Gasteiger partial charge in [-0.2, -0.15) is 0 Å². The molecule has 0 heterocycles. The second-order valence-electron chi connectivity index (χ2n) is 3.23. The highest BCUT2D eigenvalue weighted by Crippen LogP contribution is 2.20. The molecule has 0 saturated carbocycles. The summed E-state index contributed by atoms with van der Waals surface area (Å²) < 4.78 is 0. The molecule has 6 heteroatoms. The fourth-order valence-electron chi connectivity index (χ4n) is 1.03. The summed E-state index contributed by atoms with van der Waals surface area (Å²) in [5.41, 5.74) is 5.76. The van der Waals surface area contributed by atoms with E-state index in [2.05, 4.69) is 5.32 Å². The maximum Gasteiger partial charge on any atom is 0.253 e. The predicted molar refractivity (Wildman–Crippen MR) is 69.7 cm³/mol. The summed E-state index contributed by atoms with van der Waals surface area (Å²) in [6, 6.07) is 4.66. The smallest absolute Gasteiger partial charge is 0.253 e. The minimum atomic E-state index is -0.263. The van der Waals surface area contributed by atoms with E-state index in [9.17, 15) is 4.79 Å². The fourth-order valence-corrected chi connectivity index (χ4v) is 1.41. The molecule has 0 saturated heterocycles. The molecule has 1 aromatic carbocycles. The van der Waals surface area contributed by atoms with Crippen LogP contribution in [0.3, 0.4) is 0 Å². The van der Waals surface area contributed by atoms with Gasteiger partial charge in [0.15, 0.2) is 0 Å². The van der Waals surface area contributed by atoms with Crippen molar-refractivity contribution in [1.29, 1.82) is 0 Å². The van der Waals surface area contributed by atoms with Gasteiger partial charge < -0.3 is 11.1 Å². The van der Waals surface area contributed by atoms with Gasteiger partial charge >= 0.3 is 0 Å². The van der Waals surface area contributed by atoms with Crippen LogP contribution in [0.2, 0.25) is 10.0 Å². The number of hydrogen-bond acceptors (Lipinski definition) is 2. The molecule has 90 valence electrons. The van der Waals surface area contributed by atoms with Crippen molar-refractivity contribution in [1.82, 2.24) is 5.32 Å². The van der Waals surface area contributed by atoms with E-state index in [-0.39, 0.29) is 24.4 Å². The molecule has 16 heavy (non-hydrogen) atoms. The van der Waals surface area contributed by atoms with E-state index >= 15 is 0 Å². The van der Waals surface area contributed by atoms with E-state index in [0.29, 0.717) is 22.2 Å². The van der Waals surface area contributed by atoms with Crippen LogP contribution in [0.15, 0.2) is 18.2 Å². The van der Waals surface area contributed by atoms with Crippen LogP contribution in [0.25, 0.3) is 0 Å². The monoisotopic (exact) mass is 282 g/mol. The molecule has 1 atom stereocenters. The third kappa shape index (κ3) is 4.18. The Kier molecular flexibility index (Phi) is 6.76. The molecule has 0 aliphatic heterocycles.